The fourth-order valence-electron chi connectivity index (χ4n) is 3.02. The molecule has 1 aromatic carbocycles. The van der Waals surface area contributed by atoms with Gasteiger partial charge in [0.2, 0.25) is 0 Å². The number of ether oxygens (including phenoxy) is 1. The number of rotatable bonds is 5. The minimum atomic E-state index is 0.433. The van der Waals surface area contributed by atoms with Gasteiger partial charge in [-0.05, 0) is 69.9 Å². The maximum Gasteiger partial charge on any atom is 0.122 e. The normalized spacial score (nSPS) is 21.1. The Balaban J connectivity index is 2.15. The lowest BCUT2D eigenvalue weighted by Crippen LogP contribution is -2.37. The average molecular weight is 262 g/mol. The number of benzene rings is 1. The molecule has 2 atom stereocenters. The molecule has 106 valence electrons. The van der Waals surface area contributed by atoms with Crippen LogP contribution in [0.4, 0.5) is 0 Å². The molecule has 19 heavy (non-hydrogen) atoms. The minimum Gasteiger partial charge on any atom is -0.494 e. The van der Waals surface area contributed by atoms with Crippen LogP contribution in [-0.4, -0.2) is 26.7 Å². The van der Waals surface area contributed by atoms with Crippen LogP contribution in [0.1, 0.15) is 36.9 Å². The van der Waals surface area contributed by atoms with Crippen LogP contribution in [0.2, 0.25) is 0 Å². The summed E-state index contributed by atoms with van der Waals surface area (Å²) in [6.45, 7) is 7.15. The van der Waals surface area contributed by atoms with Gasteiger partial charge in [-0.15, -0.1) is 0 Å². The molecule has 0 radical (unpaired) electrons. The second kappa shape index (κ2) is 6.92. The summed E-state index contributed by atoms with van der Waals surface area (Å²) in [5, 5.41) is 6.99. The molecule has 2 N–H and O–H groups in total. The van der Waals surface area contributed by atoms with Crippen molar-refractivity contribution in [3.63, 3.8) is 0 Å². The van der Waals surface area contributed by atoms with Gasteiger partial charge in [-0.2, -0.15) is 0 Å². The molecule has 1 aliphatic heterocycles. The minimum absolute atomic E-state index is 0.433. The first-order valence-electron chi connectivity index (χ1n) is 7.37. The van der Waals surface area contributed by atoms with Gasteiger partial charge in [-0.1, -0.05) is 12.1 Å². The molecule has 2 unspecified atom stereocenters. The standard InChI is InChI=1S/C16H26N2O/c1-4-19-15-8-7-13(10-12(15)2)16(17-3)14-6-5-9-18-11-14/h7-8,10,14,16-18H,4-6,9,11H2,1-3H3. The van der Waals surface area contributed by atoms with Crippen molar-refractivity contribution in [2.24, 2.45) is 5.92 Å². The van der Waals surface area contributed by atoms with Crippen LogP contribution in [0.3, 0.4) is 0 Å². The van der Waals surface area contributed by atoms with Crippen LogP contribution in [0.5, 0.6) is 5.75 Å². The third kappa shape index (κ3) is 3.48. The third-order valence-electron chi connectivity index (χ3n) is 3.98. The Kier molecular flexibility index (Phi) is 5.23. The zero-order valence-corrected chi connectivity index (χ0v) is 12.3. The van der Waals surface area contributed by atoms with Crippen LogP contribution < -0.4 is 15.4 Å². The molecule has 0 spiro atoms. The Morgan fingerprint density at radius 1 is 1.47 bits per heavy atom. The molecule has 1 saturated heterocycles. The van der Waals surface area contributed by atoms with Crippen molar-refractivity contribution in [2.45, 2.75) is 32.7 Å². The summed E-state index contributed by atoms with van der Waals surface area (Å²) in [4.78, 5) is 0. The van der Waals surface area contributed by atoms with Gasteiger partial charge < -0.3 is 15.4 Å². The molecule has 0 bridgehead atoms. The van der Waals surface area contributed by atoms with Crippen molar-refractivity contribution >= 4 is 0 Å². The number of piperidine rings is 1. The van der Waals surface area contributed by atoms with Crippen LogP contribution in [0, 0.1) is 12.8 Å². The van der Waals surface area contributed by atoms with Gasteiger partial charge in [-0.3, -0.25) is 0 Å². The van der Waals surface area contributed by atoms with Gasteiger partial charge in [0.25, 0.3) is 0 Å². The van der Waals surface area contributed by atoms with E-state index in [0.717, 1.165) is 25.4 Å². The first kappa shape index (κ1) is 14.4. The maximum atomic E-state index is 5.62. The molecule has 3 nitrogen and oxygen atoms in total. The Hall–Kier alpha value is -1.06. The molecule has 0 saturated carbocycles. The first-order chi connectivity index (χ1) is 9.26. The molecule has 0 amide bonds. The predicted octanol–water partition coefficient (Wildman–Crippen LogP) is 2.65. The fraction of sp³-hybridized carbons (Fsp3) is 0.625. The summed E-state index contributed by atoms with van der Waals surface area (Å²) in [6, 6.07) is 7.01. The SMILES string of the molecule is CCOc1ccc(C(NC)C2CCCNC2)cc1C. The Bertz CT molecular complexity index is 400. The molecule has 0 aromatic heterocycles. The van der Waals surface area contributed by atoms with Crippen molar-refractivity contribution in [3.05, 3.63) is 29.3 Å². The molecule has 2 rings (SSSR count). The average Bonchev–Trinajstić information content (AvgIpc) is 2.44. The topological polar surface area (TPSA) is 33.3 Å². The lowest BCUT2D eigenvalue weighted by atomic mass is 9.87. The largest absolute Gasteiger partial charge is 0.494 e. The van der Waals surface area contributed by atoms with Crippen molar-refractivity contribution in [1.29, 1.82) is 0 Å². The monoisotopic (exact) mass is 262 g/mol. The van der Waals surface area contributed by atoms with E-state index in [2.05, 4.69) is 42.8 Å². The Morgan fingerprint density at radius 2 is 2.32 bits per heavy atom. The van der Waals surface area contributed by atoms with Crippen molar-refractivity contribution in [1.82, 2.24) is 10.6 Å². The third-order valence-corrected chi connectivity index (χ3v) is 3.98. The van der Waals surface area contributed by atoms with Gasteiger partial charge in [0, 0.05) is 6.04 Å². The smallest absolute Gasteiger partial charge is 0.122 e. The summed E-state index contributed by atoms with van der Waals surface area (Å²) in [6.07, 6.45) is 2.57. The molecule has 0 aliphatic carbocycles. The summed E-state index contributed by atoms with van der Waals surface area (Å²) >= 11 is 0. The van der Waals surface area contributed by atoms with Gasteiger partial charge in [0.05, 0.1) is 6.61 Å². The highest BCUT2D eigenvalue weighted by Crippen LogP contribution is 2.30. The fourth-order valence-corrected chi connectivity index (χ4v) is 3.02. The maximum absolute atomic E-state index is 5.62. The van der Waals surface area contributed by atoms with E-state index in [1.807, 2.05) is 6.92 Å². The highest BCUT2D eigenvalue weighted by molar-refractivity contribution is 5.37. The van der Waals surface area contributed by atoms with E-state index < -0.39 is 0 Å². The number of aryl methyl sites for hydroxylation is 1. The molecule has 1 heterocycles. The van der Waals surface area contributed by atoms with Gasteiger partial charge >= 0.3 is 0 Å². The van der Waals surface area contributed by atoms with Gasteiger partial charge in [0.15, 0.2) is 0 Å². The lowest BCUT2D eigenvalue weighted by Gasteiger charge is -2.31. The van der Waals surface area contributed by atoms with E-state index >= 15 is 0 Å². The summed E-state index contributed by atoms with van der Waals surface area (Å²) in [7, 11) is 2.06. The van der Waals surface area contributed by atoms with Crippen LogP contribution in [-0.2, 0) is 0 Å². The number of hydrogen-bond donors (Lipinski definition) is 2. The van der Waals surface area contributed by atoms with E-state index in [9.17, 15) is 0 Å². The highest BCUT2D eigenvalue weighted by atomic mass is 16.5. The summed E-state index contributed by atoms with van der Waals surface area (Å²) in [5.74, 6) is 1.68. The van der Waals surface area contributed by atoms with E-state index in [1.54, 1.807) is 0 Å². The molecule has 1 aliphatic rings. The van der Waals surface area contributed by atoms with Crippen LogP contribution in [0.15, 0.2) is 18.2 Å². The summed E-state index contributed by atoms with van der Waals surface area (Å²) in [5.41, 5.74) is 2.60. The Morgan fingerprint density at radius 3 is 2.89 bits per heavy atom. The zero-order valence-electron chi connectivity index (χ0n) is 12.3. The second-order valence-corrected chi connectivity index (χ2v) is 5.33. The molecular formula is C16H26N2O. The van der Waals surface area contributed by atoms with Gasteiger partial charge in [-0.25, -0.2) is 0 Å². The van der Waals surface area contributed by atoms with Crippen molar-refractivity contribution < 1.29 is 4.74 Å². The van der Waals surface area contributed by atoms with Crippen molar-refractivity contribution in [2.75, 3.05) is 26.7 Å². The predicted molar refractivity (Wildman–Crippen MR) is 79.7 cm³/mol. The first-order valence-corrected chi connectivity index (χ1v) is 7.37. The van der Waals surface area contributed by atoms with E-state index in [1.165, 1.54) is 24.0 Å². The molecule has 1 fully saturated rings. The number of hydrogen-bond acceptors (Lipinski definition) is 3. The van der Waals surface area contributed by atoms with Crippen molar-refractivity contribution in [3.8, 4) is 5.75 Å². The zero-order chi connectivity index (χ0) is 13.7. The molecule has 3 heteroatoms. The second-order valence-electron chi connectivity index (χ2n) is 5.33. The van der Waals surface area contributed by atoms with E-state index in [-0.39, 0.29) is 0 Å². The Labute approximate surface area is 116 Å². The van der Waals surface area contributed by atoms with E-state index in [4.69, 9.17) is 4.74 Å². The van der Waals surface area contributed by atoms with Crippen LogP contribution in [0.25, 0.3) is 0 Å². The van der Waals surface area contributed by atoms with Gasteiger partial charge in [0.1, 0.15) is 5.75 Å². The highest BCUT2D eigenvalue weighted by Gasteiger charge is 2.23. The molecule has 1 aromatic rings. The van der Waals surface area contributed by atoms with E-state index in [0.29, 0.717) is 12.0 Å². The summed E-state index contributed by atoms with van der Waals surface area (Å²) < 4.78 is 5.62. The lowest BCUT2D eigenvalue weighted by molar-refractivity contribution is 0.297. The number of nitrogens with one attached hydrogen (secondary N) is 2. The van der Waals surface area contributed by atoms with Crippen LogP contribution >= 0.6 is 0 Å². The quantitative estimate of drug-likeness (QED) is 0.856. The molecular weight excluding hydrogens is 236 g/mol.